The number of hydrogen-bond donors (Lipinski definition) is 0. The second-order valence-corrected chi connectivity index (χ2v) is 9.79. The van der Waals surface area contributed by atoms with Crippen LogP contribution in [0.5, 0.6) is 0 Å². The maximum Gasteiger partial charge on any atom is 0.237 e. The fraction of sp³-hybridized carbons (Fsp3) is 0.933. The quantitative estimate of drug-likeness (QED) is 0.805. The van der Waals surface area contributed by atoms with Crippen LogP contribution in [-0.2, 0) is 14.6 Å². The molecule has 0 bridgehead atoms. The van der Waals surface area contributed by atoms with Crippen LogP contribution in [0.2, 0.25) is 0 Å². The Balaban J connectivity index is 2.64. The average molecular weight is 303 g/mol. The molecule has 1 saturated heterocycles. The third-order valence-corrected chi connectivity index (χ3v) is 6.43. The molecule has 1 amide bonds. The van der Waals surface area contributed by atoms with E-state index in [1.807, 2.05) is 0 Å². The second kappa shape index (κ2) is 6.46. The van der Waals surface area contributed by atoms with Crippen molar-refractivity contribution in [2.24, 2.45) is 11.3 Å². The third-order valence-electron chi connectivity index (χ3n) is 4.35. The molecule has 0 spiro atoms. The molecule has 0 radical (unpaired) electrons. The predicted octanol–water partition coefficient (Wildman–Crippen LogP) is 2.48. The maximum absolute atomic E-state index is 12.2. The largest absolute Gasteiger partial charge is 0.342 e. The lowest BCUT2D eigenvalue weighted by Crippen LogP contribution is -2.38. The molecule has 118 valence electrons. The summed E-state index contributed by atoms with van der Waals surface area (Å²) in [5, 5.41) is -0.485. The minimum absolute atomic E-state index is 0.228. The van der Waals surface area contributed by atoms with E-state index in [0.29, 0.717) is 19.0 Å². The van der Waals surface area contributed by atoms with E-state index in [-0.39, 0.29) is 17.1 Å². The summed E-state index contributed by atoms with van der Waals surface area (Å²) in [5.74, 6) is 0.0282. The van der Waals surface area contributed by atoms with E-state index < -0.39 is 15.1 Å². The summed E-state index contributed by atoms with van der Waals surface area (Å²) in [6.07, 6.45) is 3.05. The van der Waals surface area contributed by atoms with Gasteiger partial charge in [0.05, 0.1) is 5.25 Å². The Morgan fingerprint density at radius 1 is 1.20 bits per heavy atom. The number of hydrogen-bond acceptors (Lipinski definition) is 3. The maximum atomic E-state index is 12.2. The van der Waals surface area contributed by atoms with Gasteiger partial charge >= 0.3 is 0 Å². The predicted molar refractivity (Wildman–Crippen MR) is 82.3 cm³/mol. The van der Waals surface area contributed by atoms with E-state index in [1.165, 1.54) is 0 Å². The lowest BCUT2D eigenvalue weighted by atomic mass is 9.77. The molecular weight excluding hydrogens is 274 g/mol. The van der Waals surface area contributed by atoms with Crippen LogP contribution in [0.25, 0.3) is 0 Å². The van der Waals surface area contributed by atoms with Crippen molar-refractivity contribution in [2.75, 3.05) is 18.8 Å². The molecule has 0 N–H and O–H groups in total. The summed E-state index contributed by atoms with van der Waals surface area (Å²) in [5.41, 5.74) is 0.253. The van der Waals surface area contributed by atoms with Gasteiger partial charge in [0.1, 0.15) is 5.75 Å². The molecule has 0 aromatic rings. The molecule has 5 heteroatoms. The summed E-state index contributed by atoms with van der Waals surface area (Å²) in [6.45, 7) is 11.3. The van der Waals surface area contributed by atoms with Crippen molar-refractivity contribution in [3.8, 4) is 0 Å². The molecule has 1 atom stereocenters. The van der Waals surface area contributed by atoms with Crippen LogP contribution in [0.15, 0.2) is 0 Å². The van der Waals surface area contributed by atoms with E-state index >= 15 is 0 Å². The van der Waals surface area contributed by atoms with Gasteiger partial charge in [0, 0.05) is 13.1 Å². The van der Waals surface area contributed by atoms with Crippen molar-refractivity contribution in [1.29, 1.82) is 0 Å². The normalized spacial score (nSPS) is 21.9. The molecule has 0 saturated carbocycles. The number of nitrogens with zero attached hydrogens (tertiary/aromatic N) is 1. The van der Waals surface area contributed by atoms with Crippen LogP contribution in [0.1, 0.15) is 53.9 Å². The van der Waals surface area contributed by atoms with Gasteiger partial charge in [0.25, 0.3) is 0 Å². The Morgan fingerprint density at radius 3 is 2.30 bits per heavy atom. The molecule has 4 nitrogen and oxygen atoms in total. The Morgan fingerprint density at radius 2 is 1.80 bits per heavy atom. The molecule has 1 heterocycles. The Hall–Kier alpha value is -0.580. The number of rotatable bonds is 3. The van der Waals surface area contributed by atoms with Crippen LogP contribution < -0.4 is 0 Å². The number of carbonyl (C=O) groups excluding carboxylic acids is 1. The van der Waals surface area contributed by atoms with E-state index in [2.05, 4.69) is 20.8 Å². The number of amides is 1. The summed E-state index contributed by atoms with van der Waals surface area (Å²) >= 11 is 0. The van der Waals surface area contributed by atoms with Crippen molar-refractivity contribution in [2.45, 2.75) is 59.1 Å². The fourth-order valence-electron chi connectivity index (χ4n) is 2.64. The van der Waals surface area contributed by atoms with Crippen LogP contribution in [0.3, 0.4) is 0 Å². The van der Waals surface area contributed by atoms with Crippen LogP contribution in [0.4, 0.5) is 0 Å². The van der Waals surface area contributed by atoms with E-state index in [9.17, 15) is 13.2 Å². The van der Waals surface area contributed by atoms with Crippen molar-refractivity contribution < 1.29 is 13.2 Å². The molecule has 0 aromatic carbocycles. The average Bonchev–Trinajstić information content (AvgIpc) is 2.52. The first kappa shape index (κ1) is 17.5. The Bertz CT molecular complexity index is 435. The lowest BCUT2D eigenvalue weighted by molar-refractivity contribution is -0.128. The van der Waals surface area contributed by atoms with Gasteiger partial charge in [0.2, 0.25) is 5.91 Å². The highest BCUT2D eigenvalue weighted by atomic mass is 32.2. The monoisotopic (exact) mass is 303 g/mol. The molecule has 0 unspecified atom stereocenters. The zero-order valence-corrected chi connectivity index (χ0v) is 14.3. The van der Waals surface area contributed by atoms with Gasteiger partial charge in [-0.3, -0.25) is 4.79 Å². The molecule has 0 aliphatic carbocycles. The van der Waals surface area contributed by atoms with Gasteiger partial charge < -0.3 is 4.90 Å². The summed E-state index contributed by atoms with van der Waals surface area (Å²) < 4.78 is 23.7. The van der Waals surface area contributed by atoms with Gasteiger partial charge in [-0.05, 0) is 44.4 Å². The third kappa shape index (κ3) is 4.76. The molecule has 1 rings (SSSR count). The lowest BCUT2D eigenvalue weighted by Gasteiger charge is -2.29. The van der Waals surface area contributed by atoms with Gasteiger partial charge in [-0.1, -0.05) is 20.8 Å². The number of sulfone groups is 1. The van der Waals surface area contributed by atoms with E-state index in [0.717, 1.165) is 19.3 Å². The molecular formula is C15H29NO3S. The van der Waals surface area contributed by atoms with Gasteiger partial charge in [0.15, 0.2) is 9.84 Å². The zero-order chi connectivity index (χ0) is 15.6. The first-order chi connectivity index (χ1) is 9.04. The molecule has 1 fully saturated rings. The molecule has 1 aliphatic rings. The highest BCUT2D eigenvalue weighted by Crippen LogP contribution is 2.34. The van der Waals surface area contributed by atoms with Crippen molar-refractivity contribution in [3.63, 3.8) is 0 Å². The van der Waals surface area contributed by atoms with Crippen LogP contribution in [0, 0.1) is 11.3 Å². The summed E-state index contributed by atoms with van der Waals surface area (Å²) in [7, 11) is -3.29. The number of carbonyl (C=O) groups is 1. The molecule has 1 aliphatic heterocycles. The fourth-order valence-corrected chi connectivity index (χ4v) is 3.50. The van der Waals surface area contributed by atoms with Crippen molar-refractivity contribution in [1.82, 2.24) is 4.90 Å². The van der Waals surface area contributed by atoms with Crippen molar-refractivity contribution >= 4 is 15.7 Å². The van der Waals surface area contributed by atoms with Gasteiger partial charge in [-0.25, -0.2) is 8.42 Å². The minimum Gasteiger partial charge on any atom is -0.342 e. The van der Waals surface area contributed by atoms with Gasteiger partial charge in [-0.2, -0.15) is 0 Å². The second-order valence-electron chi connectivity index (χ2n) is 7.23. The Kier molecular flexibility index (Phi) is 5.64. The highest BCUT2D eigenvalue weighted by Gasteiger charge is 2.30. The smallest absolute Gasteiger partial charge is 0.237 e. The van der Waals surface area contributed by atoms with E-state index in [1.54, 1.807) is 18.7 Å². The topological polar surface area (TPSA) is 54.5 Å². The molecule has 20 heavy (non-hydrogen) atoms. The highest BCUT2D eigenvalue weighted by molar-refractivity contribution is 7.92. The van der Waals surface area contributed by atoms with Crippen molar-refractivity contribution in [3.05, 3.63) is 0 Å². The van der Waals surface area contributed by atoms with E-state index in [4.69, 9.17) is 0 Å². The SMILES string of the molecule is CC(C)S(=O)(=O)CC(=O)N1CCC[C@@H](C(C)(C)C)CC1. The molecule has 0 aromatic heterocycles. The zero-order valence-electron chi connectivity index (χ0n) is 13.5. The minimum atomic E-state index is -3.29. The standard InChI is InChI=1S/C15H29NO3S/c1-12(2)20(18,19)11-14(17)16-9-6-7-13(8-10-16)15(3,4)5/h12-13H,6-11H2,1-5H3/t13-/m1/s1. The summed E-state index contributed by atoms with van der Waals surface area (Å²) in [4.78, 5) is 13.9. The van der Waals surface area contributed by atoms with Crippen LogP contribution >= 0.6 is 0 Å². The van der Waals surface area contributed by atoms with Crippen LogP contribution in [-0.4, -0.2) is 43.3 Å². The Labute approximate surface area is 123 Å². The first-order valence-electron chi connectivity index (χ1n) is 7.53. The summed E-state index contributed by atoms with van der Waals surface area (Å²) in [6, 6.07) is 0. The first-order valence-corrected chi connectivity index (χ1v) is 9.25. The van der Waals surface area contributed by atoms with Gasteiger partial charge in [-0.15, -0.1) is 0 Å². The number of likely N-dealkylation sites (tertiary alicyclic amines) is 1.